The quantitative estimate of drug-likeness (QED) is 0.290. The molecule has 0 N–H and O–H groups in total. The zero-order chi connectivity index (χ0) is 27.6. The summed E-state index contributed by atoms with van der Waals surface area (Å²) in [7, 11) is 1.36. The van der Waals surface area contributed by atoms with E-state index in [4.69, 9.17) is 32.8 Å². The molecule has 2 atom stereocenters. The third kappa shape index (κ3) is 5.30. The largest absolute Gasteiger partial charge is 0.468 e. The highest BCUT2D eigenvalue weighted by Gasteiger charge is 2.51. The van der Waals surface area contributed by atoms with Gasteiger partial charge in [0.05, 0.1) is 19.0 Å². The van der Waals surface area contributed by atoms with E-state index >= 15 is 0 Å². The predicted octanol–water partition coefficient (Wildman–Crippen LogP) is 6.55. The molecule has 0 aliphatic carbocycles. The number of esters is 1. The van der Waals surface area contributed by atoms with Crippen LogP contribution in [0.25, 0.3) is 0 Å². The first-order valence-corrected chi connectivity index (χ1v) is 13.9. The van der Waals surface area contributed by atoms with E-state index in [1.54, 1.807) is 34.0 Å². The third-order valence-electron chi connectivity index (χ3n) is 6.52. The Kier molecular flexibility index (Phi) is 8.72. The predicted molar refractivity (Wildman–Crippen MR) is 151 cm³/mol. The molecular formula is C27H29BrCl2N4O4. The normalized spacial score (nSPS) is 20.7. The van der Waals surface area contributed by atoms with Crippen molar-refractivity contribution in [2.45, 2.75) is 51.6 Å². The number of carbonyl (C=O) groups is 2. The molecule has 0 radical (unpaired) electrons. The van der Waals surface area contributed by atoms with Gasteiger partial charge in [0.2, 0.25) is 11.8 Å². The Balaban J connectivity index is 0.00000164. The number of carbonyl (C=O) groups excluding carboxylic acids is 2. The highest BCUT2D eigenvalue weighted by Crippen LogP contribution is 2.45. The minimum absolute atomic E-state index is 0.206. The van der Waals surface area contributed by atoms with Gasteiger partial charge in [-0.15, -0.1) is 5.06 Å². The topological polar surface area (TPSA) is 76.9 Å². The fourth-order valence-corrected chi connectivity index (χ4v) is 5.62. The molecule has 11 heteroatoms. The Bertz CT molecular complexity index is 1310. The van der Waals surface area contributed by atoms with Gasteiger partial charge in [0, 0.05) is 27.5 Å². The van der Waals surface area contributed by atoms with Gasteiger partial charge in [0.25, 0.3) is 5.91 Å². The zero-order valence-electron chi connectivity index (χ0n) is 21.6. The molecule has 1 amide bonds. The van der Waals surface area contributed by atoms with Gasteiger partial charge in [-0.2, -0.15) is 0 Å². The Morgan fingerprint density at radius 3 is 2.45 bits per heavy atom. The van der Waals surface area contributed by atoms with Crippen molar-refractivity contribution >= 4 is 62.6 Å². The molecule has 3 aromatic rings. The van der Waals surface area contributed by atoms with Crippen molar-refractivity contribution in [2.24, 2.45) is 0 Å². The molecule has 8 nitrogen and oxygen atoms in total. The molecule has 2 aromatic carbocycles. The lowest BCUT2D eigenvalue weighted by Crippen LogP contribution is -2.43. The number of hydrogen-bond acceptors (Lipinski definition) is 6. The van der Waals surface area contributed by atoms with Gasteiger partial charge in [-0.1, -0.05) is 65.1 Å². The molecule has 0 bridgehead atoms. The summed E-state index contributed by atoms with van der Waals surface area (Å²) in [5.74, 6) is 0.159. The highest BCUT2D eigenvalue weighted by atomic mass is 79.9. The van der Waals surface area contributed by atoms with E-state index in [0.717, 1.165) is 16.5 Å². The number of imidazole rings is 1. The van der Waals surface area contributed by atoms with Crippen LogP contribution in [0.3, 0.4) is 0 Å². The summed E-state index contributed by atoms with van der Waals surface area (Å²) in [4.78, 5) is 38.6. The molecule has 5 rings (SSSR count). The van der Waals surface area contributed by atoms with Gasteiger partial charge < -0.3 is 9.57 Å². The van der Waals surface area contributed by atoms with Crippen molar-refractivity contribution in [2.75, 3.05) is 18.6 Å². The number of methoxy groups -OCH3 is 1. The van der Waals surface area contributed by atoms with Gasteiger partial charge in [0.15, 0.2) is 0 Å². The number of nitrogens with zero attached hydrogens (tertiary/aromatic N) is 4. The summed E-state index contributed by atoms with van der Waals surface area (Å²) >= 11 is 16.0. The van der Waals surface area contributed by atoms with Crippen molar-refractivity contribution in [3.63, 3.8) is 0 Å². The molecule has 1 aromatic heterocycles. The van der Waals surface area contributed by atoms with E-state index < -0.39 is 11.6 Å². The number of anilines is 2. The lowest BCUT2D eigenvalue weighted by Gasteiger charge is -2.28. The monoisotopic (exact) mass is 622 g/mol. The maximum absolute atomic E-state index is 14.1. The summed E-state index contributed by atoms with van der Waals surface area (Å²) < 4.78 is 7.67. The number of hydrogen-bond donors (Lipinski definition) is 0. The minimum atomic E-state index is -1.08. The van der Waals surface area contributed by atoms with Crippen LogP contribution in [0, 0.1) is 0 Å². The number of rotatable bonds is 6. The van der Waals surface area contributed by atoms with Crippen molar-refractivity contribution in [1.82, 2.24) is 14.6 Å². The van der Waals surface area contributed by atoms with Crippen molar-refractivity contribution < 1.29 is 19.2 Å². The maximum atomic E-state index is 14.1. The van der Waals surface area contributed by atoms with E-state index in [-0.39, 0.29) is 11.9 Å². The van der Waals surface area contributed by atoms with Gasteiger partial charge in [-0.05, 0) is 55.7 Å². The van der Waals surface area contributed by atoms with Gasteiger partial charge in [-0.25, -0.2) is 9.88 Å². The van der Waals surface area contributed by atoms with Gasteiger partial charge in [0.1, 0.15) is 11.6 Å². The molecule has 1 unspecified atom stereocenters. The summed E-state index contributed by atoms with van der Waals surface area (Å²) in [6.07, 6.45) is 3.34. The summed E-state index contributed by atoms with van der Waals surface area (Å²) in [5.41, 5.74) is 0.382. The van der Waals surface area contributed by atoms with Crippen LogP contribution in [0.5, 0.6) is 5.88 Å². The first-order chi connectivity index (χ1) is 18.2. The van der Waals surface area contributed by atoms with Crippen LogP contribution in [-0.2, 0) is 26.3 Å². The van der Waals surface area contributed by atoms with Crippen LogP contribution in [0.15, 0.2) is 53.1 Å². The molecule has 2 aliphatic rings. The lowest BCUT2D eigenvalue weighted by molar-refractivity contribution is -0.159. The second kappa shape index (κ2) is 11.7. The number of fused-ring (bicyclic) bond motifs is 1. The lowest BCUT2D eigenvalue weighted by atomic mass is 9.92. The zero-order valence-corrected chi connectivity index (χ0v) is 24.7. The second-order valence-corrected chi connectivity index (χ2v) is 10.8. The molecular weight excluding hydrogens is 595 g/mol. The van der Waals surface area contributed by atoms with E-state index in [9.17, 15) is 9.59 Å². The van der Waals surface area contributed by atoms with Gasteiger partial charge in [-0.3, -0.25) is 14.2 Å². The van der Waals surface area contributed by atoms with Crippen LogP contribution < -0.4 is 9.74 Å². The average molecular weight is 624 g/mol. The van der Waals surface area contributed by atoms with Crippen LogP contribution in [0.4, 0.5) is 11.6 Å². The Morgan fingerprint density at radius 2 is 1.82 bits per heavy atom. The first-order valence-electron chi connectivity index (χ1n) is 12.4. The Labute approximate surface area is 240 Å². The number of aromatic nitrogens is 2. The summed E-state index contributed by atoms with van der Waals surface area (Å²) in [6.45, 7) is 6.40. The fourth-order valence-electron chi connectivity index (χ4n) is 4.84. The number of halogens is 3. The molecule has 1 fully saturated rings. The van der Waals surface area contributed by atoms with Gasteiger partial charge >= 0.3 is 5.97 Å². The number of hydroxylamine groups is 2. The Morgan fingerprint density at radius 1 is 1.16 bits per heavy atom. The standard InChI is InChI=1S/C25H23BrCl2N4O4.C2H6/c1-25(13-15-5-7-16(26)8-6-15)23(34)31(19-11-17(27)10-18(28)12-19)24-29-14-21(32(24)25)36-30-9-3-4-20(30)22(33)35-2;1-2/h5-8,10-12,14,20H,3-4,9,13H2,1-2H3;1-2H3/t20?,25-;/m1./s1. The highest BCUT2D eigenvalue weighted by molar-refractivity contribution is 9.10. The van der Waals surface area contributed by atoms with E-state index in [2.05, 4.69) is 20.9 Å². The van der Waals surface area contributed by atoms with E-state index in [1.165, 1.54) is 12.0 Å². The van der Waals surface area contributed by atoms with E-state index in [1.807, 2.05) is 45.0 Å². The number of benzene rings is 2. The van der Waals surface area contributed by atoms with Crippen molar-refractivity contribution in [3.05, 3.63) is 68.7 Å². The molecule has 1 saturated heterocycles. The molecule has 0 saturated carbocycles. The van der Waals surface area contributed by atoms with Crippen LogP contribution in [-0.4, -0.2) is 46.2 Å². The number of amides is 1. The van der Waals surface area contributed by atoms with E-state index in [0.29, 0.717) is 46.9 Å². The van der Waals surface area contributed by atoms with Crippen LogP contribution >= 0.6 is 39.1 Å². The molecule has 0 spiro atoms. The Hall–Kier alpha value is -2.59. The maximum Gasteiger partial charge on any atom is 0.326 e. The third-order valence-corrected chi connectivity index (χ3v) is 7.49. The molecule has 38 heavy (non-hydrogen) atoms. The minimum Gasteiger partial charge on any atom is -0.468 e. The first kappa shape index (κ1) is 28.4. The van der Waals surface area contributed by atoms with Crippen LogP contribution in [0.2, 0.25) is 10.0 Å². The number of ether oxygens (including phenoxy) is 1. The van der Waals surface area contributed by atoms with Crippen molar-refractivity contribution in [3.8, 4) is 5.88 Å². The SMILES string of the molecule is CC.COC(=O)C1CCCN1Oc1cnc2n1[C@](C)(Cc1ccc(Br)cc1)C(=O)N2c1cc(Cl)cc(Cl)c1. The molecule has 202 valence electrons. The smallest absolute Gasteiger partial charge is 0.326 e. The molecule has 3 heterocycles. The molecule has 2 aliphatic heterocycles. The second-order valence-electron chi connectivity index (χ2n) is 8.99. The average Bonchev–Trinajstić information content (AvgIpc) is 3.58. The fraction of sp³-hybridized carbons (Fsp3) is 0.370. The summed E-state index contributed by atoms with van der Waals surface area (Å²) in [5, 5.41) is 2.40. The summed E-state index contributed by atoms with van der Waals surface area (Å²) in [6, 6.07) is 12.2. The van der Waals surface area contributed by atoms with Crippen LogP contribution in [0.1, 0.15) is 39.2 Å². The van der Waals surface area contributed by atoms with Crippen molar-refractivity contribution in [1.29, 1.82) is 0 Å².